The lowest BCUT2D eigenvalue weighted by Gasteiger charge is -2.37. The molecule has 1 aromatic rings. The van der Waals surface area contributed by atoms with Crippen molar-refractivity contribution >= 4 is 8.32 Å². The molecule has 0 bridgehead atoms. The van der Waals surface area contributed by atoms with Crippen molar-refractivity contribution in [2.45, 2.75) is 78.0 Å². The second-order valence-electron chi connectivity index (χ2n) is 8.52. The van der Waals surface area contributed by atoms with Gasteiger partial charge in [0.05, 0.1) is 6.04 Å². The van der Waals surface area contributed by atoms with E-state index in [0.717, 1.165) is 13.0 Å². The predicted molar refractivity (Wildman–Crippen MR) is 103 cm³/mol. The number of rotatable bonds is 5. The molecule has 3 nitrogen and oxygen atoms in total. The van der Waals surface area contributed by atoms with E-state index in [1.165, 1.54) is 11.1 Å². The zero-order valence-electron chi connectivity index (χ0n) is 16.3. The molecule has 134 valence electrons. The molecule has 1 aliphatic rings. The third-order valence-corrected chi connectivity index (χ3v) is 9.46. The highest BCUT2D eigenvalue weighted by Crippen LogP contribution is 2.39. The molecule has 0 unspecified atom stereocenters. The van der Waals surface area contributed by atoms with Crippen LogP contribution in [-0.2, 0) is 15.8 Å². The van der Waals surface area contributed by atoms with E-state index in [-0.39, 0.29) is 17.4 Å². The molecule has 2 rings (SSSR count). The summed E-state index contributed by atoms with van der Waals surface area (Å²) in [6.45, 7) is 16.4. The molecule has 1 aromatic carbocycles. The van der Waals surface area contributed by atoms with E-state index in [2.05, 4.69) is 83.1 Å². The fourth-order valence-electron chi connectivity index (χ4n) is 2.62. The summed E-state index contributed by atoms with van der Waals surface area (Å²) in [4.78, 5) is 6.21. The summed E-state index contributed by atoms with van der Waals surface area (Å²) in [7, 11) is -1.83. The number of hydrogen-bond acceptors (Lipinski definition) is 3. The third kappa shape index (κ3) is 5.03. The van der Waals surface area contributed by atoms with Crippen LogP contribution in [0, 0.1) is 0 Å². The van der Waals surface area contributed by atoms with Crippen molar-refractivity contribution in [2.24, 2.45) is 0 Å². The van der Waals surface area contributed by atoms with Crippen molar-refractivity contribution < 1.29 is 9.26 Å². The molecular weight excluding hydrogens is 314 g/mol. The third-order valence-electron chi connectivity index (χ3n) is 5.00. The minimum atomic E-state index is -1.83. The first-order chi connectivity index (χ1) is 11.1. The standard InChI is InChI=1S/C20H33NO2Si/c1-16(2)13-18-14-19(23-24(6,7)20(3,4)5)22-21(18)15-17-11-9-8-10-12-17/h8-13,18-19H,14-15H2,1-7H3/t18-,19+/m0/s1. The van der Waals surface area contributed by atoms with Crippen LogP contribution in [0.4, 0.5) is 0 Å². The van der Waals surface area contributed by atoms with Gasteiger partial charge in [-0.15, -0.1) is 0 Å². The van der Waals surface area contributed by atoms with Gasteiger partial charge in [0.25, 0.3) is 0 Å². The van der Waals surface area contributed by atoms with Crippen LogP contribution in [0.3, 0.4) is 0 Å². The van der Waals surface area contributed by atoms with Crippen molar-refractivity contribution in [3.8, 4) is 0 Å². The molecule has 1 fully saturated rings. The van der Waals surface area contributed by atoms with Gasteiger partial charge in [-0.1, -0.05) is 62.8 Å². The Kier molecular flexibility index (Phi) is 6.08. The molecule has 1 aliphatic heterocycles. The van der Waals surface area contributed by atoms with Gasteiger partial charge >= 0.3 is 0 Å². The van der Waals surface area contributed by atoms with Gasteiger partial charge in [0.1, 0.15) is 0 Å². The minimum absolute atomic E-state index is 0.143. The Bertz CT molecular complexity index is 559. The summed E-state index contributed by atoms with van der Waals surface area (Å²) in [6.07, 6.45) is 3.04. The summed E-state index contributed by atoms with van der Waals surface area (Å²) >= 11 is 0. The lowest BCUT2D eigenvalue weighted by atomic mass is 10.1. The van der Waals surface area contributed by atoms with Gasteiger partial charge < -0.3 is 4.43 Å². The number of hydrogen-bond donors (Lipinski definition) is 0. The van der Waals surface area contributed by atoms with E-state index >= 15 is 0 Å². The fourth-order valence-corrected chi connectivity index (χ4v) is 3.77. The normalized spacial score (nSPS) is 22.6. The first-order valence-electron chi connectivity index (χ1n) is 8.89. The van der Waals surface area contributed by atoms with Crippen LogP contribution in [0.1, 0.15) is 46.6 Å². The SMILES string of the molecule is CC(C)=C[C@H]1C[C@@H](O[Si](C)(C)C(C)(C)C)ON1Cc1ccccc1. The molecule has 2 atom stereocenters. The van der Waals surface area contributed by atoms with Crippen LogP contribution in [0.5, 0.6) is 0 Å². The molecule has 1 heterocycles. The Morgan fingerprint density at radius 2 is 1.88 bits per heavy atom. The summed E-state index contributed by atoms with van der Waals surface area (Å²) in [5, 5.41) is 2.27. The minimum Gasteiger partial charge on any atom is -0.391 e. The Morgan fingerprint density at radius 1 is 1.25 bits per heavy atom. The average Bonchev–Trinajstić information content (AvgIpc) is 2.78. The number of nitrogens with zero attached hydrogens (tertiary/aromatic N) is 1. The molecule has 0 spiro atoms. The molecule has 0 saturated carbocycles. The van der Waals surface area contributed by atoms with E-state index < -0.39 is 8.32 Å². The van der Waals surface area contributed by atoms with E-state index in [4.69, 9.17) is 9.26 Å². The maximum atomic E-state index is 6.49. The molecule has 1 saturated heterocycles. The van der Waals surface area contributed by atoms with Crippen molar-refractivity contribution in [3.63, 3.8) is 0 Å². The molecular formula is C20H33NO2Si. The van der Waals surface area contributed by atoms with Gasteiger partial charge in [0.2, 0.25) is 0 Å². The van der Waals surface area contributed by atoms with Crippen LogP contribution in [0.2, 0.25) is 18.1 Å². The van der Waals surface area contributed by atoms with Gasteiger partial charge in [-0.3, -0.25) is 4.84 Å². The second kappa shape index (κ2) is 7.52. The van der Waals surface area contributed by atoms with Crippen molar-refractivity contribution in [1.82, 2.24) is 5.06 Å². The zero-order chi connectivity index (χ0) is 18.0. The highest BCUT2D eigenvalue weighted by Gasteiger charge is 2.43. The monoisotopic (exact) mass is 347 g/mol. The summed E-state index contributed by atoms with van der Waals surface area (Å²) in [5.74, 6) is 0. The van der Waals surface area contributed by atoms with Gasteiger partial charge in [-0.2, -0.15) is 5.06 Å². The predicted octanol–water partition coefficient (Wildman–Crippen LogP) is 5.51. The topological polar surface area (TPSA) is 21.7 Å². The molecule has 0 aliphatic carbocycles. The maximum Gasteiger partial charge on any atom is 0.195 e. The first kappa shape index (κ1) is 19.4. The molecule has 0 amide bonds. The highest BCUT2D eigenvalue weighted by atomic mass is 28.4. The lowest BCUT2D eigenvalue weighted by molar-refractivity contribution is -0.217. The molecule has 24 heavy (non-hydrogen) atoms. The molecule has 4 heteroatoms. The van der Waals surface area contributed by atoms with Crippen LogP contribution in [0.25, 0.3) is 0 Å². The summed E-state index contributed by atoms with van der Waals surface area (Å²) in [5.41, 5.74) is 2.58. The Morgan fingerprint density at radius 3 is 2.42 bits per heavy atom. The quantitative estimate of drug-likeness (QED) is 0.518. The van der Waals surface area contributed by atoms with E-state index in [1.807, 2.05) is 6.07 Å². The summed E-state index contributed by atoms with van der Waals surface area (Å²) in [6, 6.07) is 10.8. The molecule has 0 N–H and O–H groups in total. The highest BCUT2D eigenvalue weighted by molar-refractivity contribution is 6.74. The largest absolute Gasteiger partial charge is 0.391 e. The lowest BCUT2D eigenvalue weighted by Crippen LogP contribution is -2.44. The first-order valence-corrected chi connectivity index (χ1v) is 11.8. The zero-order valence-corrected chi connectivity index (χ0v) is 17.3. The number of hydroxylamine groups is 2. The fraction of sp³-hybridized carbons (Fsp3) is 0.600. The average molecular weight is 348 g/mol. The smallest absolute Gasteiger partial charge is 0.195 e. The molecule has 0 radical (unpaired) electrons. The van der Waals surface area contributed by atoms with Gasteiger partial charge in [-0.05, 0) is 37.5 Å². The number of benzene rings is 1. The van der Waals surface area contributed by atoms with Crippen LogP contribution < -0.4 is 0 Å². The van der Waals surface area contributed by atoms with Crippen molar-refractivity contribution in [1.29, 1.82) is 0 Å². The van der Waals surface area contributed by atoms with Crippen molar-refractivity contribution in [2.75, 3.05) is 0 Å². The maximum absolute atomic E-state index is 6.49. The van der Waals surface area contributed by atoms with Gasteiger partial charge in [0.15, 0.2) is 14.6 Å². The molecule has 0 aromatic heterocycles. The van der Waals surface area contributed by atoms with Crippen LogP contribution in [-0.4, -0.2) is 25.7 Å². The van der Waals surface area contributed by atoms with Crippen LogP contribution >= 0.6 is 0 Å². The van der Waals surface area contributed by atoms with Gasteiger partial charge in [-0.25, -0.2) is 0 Å². The summed E-state index contributed by atoms with van der Waals surface area (Å²) < 4.78 is 6.49. The Hall–Kier alpha value is -0.943. The second-order valence-corrected chi connectivity index (χ2v) is 13.3. The van der Waals surface area contributed by atoms with E-state index in [9.17, 15) is 0 Å². The van der Waals surface area contributed by atoms with E-state index in [0.29, 0.717) is 0 Å². The Balaban J connectivity index is 2.11. The van der Waals surface area contributed by atoms with Crippen molar-refractivity contribution in [3.05, 3.63) is 47.5 Å². The van der Waals surface area contributed by atoms with Crippen LogP contribution in [0.15, 0.2) is 42.0 Å². The Labute approximate surface area is 148 Å². The number of allylic oxidation sites excluding steroid dienone is 1. The van der Waals surface area contributed by atoms with Gasteiger partial charge in [0, 0.05) is 13.0 Å². The van der Waals surface area contributed by atoms with E-state index in [1.54, 1.807) is 0 Å².